The van der Waals surface area contributed by atoms with Crippen LogP contribution in [0.2, 0.25) is 0 Å². The number of amides is 3. The van der Waals surface area contributed by atoms with Gasteiger partial charge >= 0.3 is 5.97 Å². The van der Waals surface area contributed by atoms with E-state index in [0.717, 1.165) is 0 Å². The van der Waals surface area contributed by atoms with Crippen LogP contribution in [0.15, 0.2) is 0 Å². The third-order valence-electron chi connectivity index (χ3n) is 4.22. The van der Waals surface area contributed by atoms with Crippen molar-refractivity contribution >= 4 is 23.7 Å². The minimum absolute atomic E-state index is 0.0441. The number of carbonyl (C=O) groups excluding carboxylic acids is 3. The van der Waals surface area contributed by atoms with Crippen molar-refractivity contribution in [3.05, 3.63) is 0 Å². The van der Waals surface area contributed by atoms with Gasteiger partial charge in [-0.2, -0.15) is 0 Å². The Bertz CT molecular complexity index is 581. The zero-order valence-corrected chi connectivity index (χ0v) is 17.5. The number of nitrogens with one attached hydrogen (secondary N) is 3. The summed E-state index contributed by atoms with van der Waals surface area (Å²) in [5.41, 5.74) is 5.75. The van der Waals surface area contributed by atoms with Gasteiger partial charge in [-0.1, -0.05) is 27.7 Å². The molecule has 0 aromatic rings. The summed E-state index contributed by atoms with van der Waals surface area (Å²) in [6, 6.07) is -4.90. The van der Waals surface area contributed by atoms with Gasteiger partial charge < -0.3 is 37.0 Å². The normalized spacial score (nSPS) is 16.5. The lowest BCUT2D eigenvalue weighted by atomic mass is 10.0. The number of nitrogens with two attached hydrogens (primary N) is 1. The van der Waals surface area contributed by atoms with Crippen LogP contribution in [-0.4, -0.2) is 75.9 Å². The van der Waals surface area contributed by atoms with Crippen LogP contribution in [-0.2, 0) is 19.2 Å². The molecule has 0 saturated heterocycles. The Labute approximate surface area is 170 Å². The van der Waals surface area contributed by atoms with E-state index in [-0.39, 0.29) is 18.3 Å². The van der Waals surface area contributed by atoms with Crippen molar-refractivity contribution < 1.29 is 34.5 Å². The van der Waals surface area contributed by atoms with Crippen LogP contribution >= 0.6 is 0 Å². The van der Waals surface area contributed by atoms with Crippen LogP contribution in [0.5, 0.6) is 0 Å². The molecule has 0 saturated carbocycles. The first-order chi connectivity index (χ1) is 13.3. The molecule has 3 amide bonds. The first kappa shape index (κ1) is 26.8. The minimum Gasteiger partial charge on any atom is -0.480 e. The fourth-order valence-corrected chi connectivity index (χ4v) is 2.38. The molecule has 0 bridgehead atoms. The fraction of sp³-hybridized carbons (Fsp3) is 0.778. The second kappa shape index (κ2) is 12.3. The summed E-state index contributed by atoms with van der Waals surface area (Å²) < 4.78 is 0. The SMILES string of the molecule is CC(C)CC(NC(=O)C(NC(=O)C(N)C(C)C)C(C)O)C(=O)NC(CO)C(=O)O. The monoisotopic (exact) mass is 418 g/mol. The van der Waals surface area contributed by atoms with Crippen molar-refractivity contribution in [2.24, 2.45) is 17.6 Å². The molecule has 5 atom stereocenters. The number of hydrogen-bond donors (Lipinski definition) is 7. The first-order valence-corrected chi connectivity index (χ1v) is 9.50. The predicted octanol–water partition coefficient (Wildman–Crippen LogP) is -2.07. The number of aliphatic hydroxyl groups is 2. The average Bonchev–Trinajstić information content (AvgIpc) is 2.61. The molecule has 11 heteroatoms. The summed E-state index contributed by atoms with van der Waals surface area (Å²) in [5.74, 6) is -3.91. The van der Waals surface area contributed by atoms with Crippen LogP contribution in [0.3, 0.4) is 0 Å². The van der Waals surface area contributed by atoms with Crippen molar-refractivity contribution in [3.8, 4) is 0 Å². The number of aliphatic carboxylic acids is 1. The van der Waals surface area contributed by atoms with Gasteiger partial charge in [0, 0.05) is 0 Å². The van der Waals surface area contributed by atoms with Gasteiger partial charge in [0.05, 0.1) is 18.8 Å². The van der Waals surface area contributed by atoms with Crippen molar-refractivity contribution in [3.63, 3.8) is 0 Å². The van der Waals surface area contributed by atoms with Gasteiger partial charge in [0.15, 0.2) is 0 Å². The Balaban J connectivity index is 5.36. The van der Waals surface area contributed by atoms with Crippen molar-refractivity contribution in [1.29, 1.82) is 0 Å². The molecule has 29 heavy (non-hydrogen) atoms. The molecule has 0 radical (unpaired) electrons. The van der Waals surface area contributed by atoms with Gasteiger partial charge in [0.25, 0.3) is 0 Å². The third kappa shape index (κ3) is 9.20. The van der Waals surface area contributed by atoms with Crippen molar-refractivity contribution in [2.75, 3.05) is 6.61 Å². The highest BCUT2D eigenvalue weighted by Crippen LogP contribution is 2.07. The quantitative estimate of drug-likeness (QED) is 0.188. The van der Waals surface area contributed by atoms with Gasteiger partial charge in [-0.05, 0) is 25.2 Å². The highest BCUT2D eigenvalue weighted by atomic mass is 16.4. The van der Waals surface area contributed by atoms with Crippen LogP contribution in [0.4, 0.5) is 0 Å². The van der Waals surface area contributed by atoms with E-state index in [1.54, 1.807) is 27.7 Å². The summed E-state index contributed by atoms with van der Waals surface area (Å²) in [6.07, 6.45) is -1.10. The molecular weight excluding hydrogens is 384 g/mol. The summed E-state index contributed by atoms with van der Waals surface area (Å²) in [4.78, 5) is 48.2. The molecule has 8 N–H and O–H groups in total. The molecule has 0 heterocycles. The molecule has 0 aliphatic heterocycles. The highest BCUT2D eigenvalue weighted by molar-refractivity contribution is 5.94. The maximum absolute atomic E-state index is 12.6. The molecule has 11 nitrogen and oxygen atoms in total. The molecule has 0 rings (SSSR count). The Morgan fingerprint density at radius 3 is 1.76 bits per heavy atom. The standard InChI is InChI=1S/C18H34N4O7/c1-8(2)6-11(15(25)21-12(7-23)18(28)29)20-17(27)14(10(5)24)22-16(26)13(19)9(3)4/h8-14,23-24H,6-7,19H2,1-5H3,(H,20,27)(H,21,25)(H,22,26)(H,28,29). The van der Waals surface area contributed by atoms with E-state index >= 15 is 0 Å². The molecule has 0 aromatic heterocycles. The maximum Gasteiger partial charge on any atom is 0.328 e. The van der Waals surface area contributed by atoms with E-state index < -0.39 is 60.6 Å². The second-order valence-electron chi connectivity index (χ2n) is 7.77. The average molecular weight is 418 g/mol. The number of hydrogen-bond acceptors (Lipinski definition) is 7. The van der Waals surface area contributed by atoms with Crippen molar-refractivity contribution in [2.45, 2.75) is 71.3 Å². The molecule has 0 aromatic carbocycles. The Morgan fingerprint density at radius 1 is 0.862 bits per heavy atom. The molecule has 0 aliphatic rings. The summed E-state index contributed by atoms with van der Waals surface area (Å²) >= 11 is 0. The van der Waals surface area contributed by atoms with E-state index in [0.29, 0.717) is 0 Å². The van der Waals surface area contributed by atoms with Crippen LogP contribution in [0.25, 0.3) is 0 Å². The van der Waals surface area contributed by atoms with Gasteiger partial charge in [-0.15, -0.1) is 0 Å². The fourth-order valence-electron chi connectivity index (χ4n) is 2.38. The highest BCUT2D eigenvalue weighted by Gasteiger charge is 2.32. The van der Waals surface area contributed by atoms with Gasteiger partial charge in [0.2, 0.25) is 17.7 Å². The summed E-state index contributed by atoms with van der Waals surface area (Å²) in [6.45, 7) is 7.53. The van der Waals surface area contributed by atoms with Gasteiger partial charge in [-0.25, -0.2) is 4.79 Å². The molecule has 5 unspecified atom stereocenters. The minimum atomic E-state index is -1.52. The lowest BCUT2D eigenvalue weighted by molar-refractivity contribution is -0.143. The van der Waals surface area contributed by atoms with Gasteiger partial charge in [0.1, 0.15) is 18.1 Å². The molecule has 168 valence electrons. The summed E-state index contributed by atoms with van der Waals surface area (Å²) in [5, 5.41) is 34.9. The third-order valence-corrected chi connectivity index (χ3v) is 4.22. The molecule has 0 spiro atoms. The Hall–Kier alpha value is -2.24. The van der Waals surface area contributed by atoms with E-state index in [1.807, 2.05) is 0 Å². The molecule has 0 fully saturated rings. The van der Waals surface area contributed by atoms with Crippen molar-refractivity contribution in [1.82, 2.24) is 16.0 Å². The number of rotatable bonds is 12. The second-order valence-corrected chi connectivity index (χ2v) is 7.77. The van der Waals surface area contributed by atoms with Crippen LogP contribution < -0.4 is 21.7 Å². The zero-order valence-electron chi connectivity index (χ0n) is 17.5. The number of carbonyl (C=O) groups is 4. The maximum atomic E-state index is 12.6. The smallest absolute Gasteiger partial charge is 0.328 e. The van der Waals surface area contributed by atoms with Crippen LogP contribution in [0, 0.1) is 11.8 Å². The van der Waals surface area contributed by atoms with E-state index in [2.05, 4.69) is 16.0 Å². The largest absolute Gasteiger partial charge is 0.480 e. The summed E-state index contributed by atoms with van der Waals surface area (Å²) in [7, 11) is 0. The number of carboxylic acid groups (broad SMARTS) is 1. The van der Waals surface area contributed by atoms with Gasteiger partial charge in [-0.3, -0.25) is 14.4 Å². The van der Waals surface area contributed by atoms with E-state index in [1.165, 1.54) is 6.92 Å². The predicted molar refractivity (Wildman–Crippen MR) is 104 cm³/mol. The topological polar surface area (TPSA) is 191 Å². The Morgan fingerprint density at radius 2 is 1.38 bits per heavy atom. The number of aliphatic hydroxyl groups excluding tert-OH is 2. The van der Waals surface area contributed by atoms with Crippen LogP contribution in [0.1, 0.15) is 41.0 Å². The zero-order chi connectivity index (χ0) is 22.9. The number of carboxylic acids is 1. The lowest BCUT2D eigenvalue weighted by Gasteiger charge is -2.27. The first-order valence-electron chi connectivity index (χ1n) is 9.50. The molecular formula is C18H34N4O7. The van der Waals surface area contributed by atoms with E-state index in [9.17, 15) is 24.3 Å². The Kier molecular flexibility index (Phi) is 11.4. The van der Waals surface area contributed by atoms with E-state index in [4.69, 9.17) is 15.9 Å². The lowest BCUT2D eigenvalue weighted by Crippen LogP contribution is -2.60. The molecule has 0 aliphatic carbocycles.